The molecule has 2 unspecified atom stereocenters. The summed E-state index contributed by atoms with van der Waals surface area (Å²) in [7, 11) is 1.33. The van der Waals surface area contributed by atoms with E-state index in [4.69, 9.17) is 5.11 Å². The highest BCUT2D eigenvalue weighted by atomic mass is 19.3. The molecule has 1 aliphatic rings. The van der Waals surface area contributed by atoms with E-state index >= 15 is 0 Å². The van der Waals surface area contributed by atoms with Crippen molar-refractivity contribution in [3.8, 4) is 0 Å². The summed E-state index contributed by atoms with van der Waals surface area (Å²) in [6.45, 7) is -0.408. The summed E-state index contributed by atoms with van der Waals surface area (Å²) in [5.41, 5.74) is 0. The number of hydrogen-bond acceptors (Lipinski definition) is 4. The van der Waals surface area contributed by atoms with Crippen LogP contribution < -0.4 is 5.32 Å². The van der Waals surface area contributed by atoms with E-state index in [0.717, 1.165) is 4.90 Å². The maximum Gasteiger partial charge on any atom is 0.265 e. The number of likely N-dealkylation sites (N-methyl/N-ethyl adjacent to an activating group) is 1. The van der Waals surface area contributed by atoms with E-state index in [-0.39, 0.29) is 12.3 Å². The molecule has 0 spiro atoms. The van der Waals surface area contributed by atoms with E-state index in [1.54, 1.807) is 0 Å². The molecule has 0 radical (unpaired) electrons. The van der Waals surface area contributed by atoms with Crippen LogP contribution in [0.3, 0.4) is 0 Å². The smallest absolute Gasteiger partial charge is 0.265 e. The van der Waals surface area contributed by atoms with Crippen LogP contribution in [0.4, 0.5) is 8.78 Å². The number of nitrogens with zero attached hydrogens (tertiary/aromatic N) is 1. The van der Waals surface area contributed by atoms with Crippen LogP contribution in [0.5, 0.6) is 0 Å². The first-order valence-corrected chi connectivity index (χ1v) is 4.43. The van der Waals surface area contributed by atoms with Gasteiger partial charge in [0, 0.05) is 13.6 Å². The molecule has 0 saturated carbocycles. The number of alkyl halides is 2. The molecule has 1 aliphatic heterocycles. The Labute approximate surface area is 85.0 Å². The van der Waals surface area contributed by atoms with Gasteiger partial charge in [-0.15, -0.1) is 0 Å². The Morgan fingerprint density at radius 1 is 1.60 bits per heavy atom. The maximum absolute atomic E-state index is 11.9. The van der Waals surface area contributed by atoms with E-state index in [2.05, 4.69) is 5.32 Å². The number of hydrogen-bond donors (Lipinski definition) is 2. The lowest BCUT2D eigenvalue weighted by Gasteiger charge is -2.14. The van der Waals surface area contributed by atoms with Gasteiger partial charge in [0.15, 0.2) is 0 Å². The van der Waals surface area contributed by atoms with Crippen LogP contribution in [-0.2, 0) is 9.59 Å². The average Bonchev–Trinajstić information content (AvgIpc) is 2.42. The summed E-state index contributed by atoms with van der Waals surface area (Å²) in [6.07, 6.45) is -4.73. The minimum absolute atomic E-state index is 0.0503. The summed E-state index contributed by atoms with van der Waals surface area (Å²) in [5.74, 6) is -0.814. The van der Waals surface area contributed by atoms with Crippen LogP contribution in [0, 0.1) is 0 Å². The molecule has 1 heterocycles. The van der Waals surface area contributed by atoms with Gasteiger partial charge in [0.2, 0.25) is 11.8 Å². The summed E-state index contributed by atoms with van der Waals surface area (Å²) in [6, 6.07) is -0.795. The van der Waals surface area contributed by atoms with Gasteiger partial charge >= 0.3 is 0 Å². The van der Waals surface area contributed by atoms with Crippen molar-refractivity contribution >= 4 is 11.8 Å². The van der Waals surface area contributed by atoms with Crippen LogP contribution in [0.1, 0.15) is 6.42 Å². The van der Waals surface area contributed by atoms with Crippen molar-refractivity contribution in [2.45, 2.75) is 25.0 Å². The molecule has 15 heavy (non-hydrogen) atoms. The third kappa shape index (κ3) is 2.69. The lowest BCUT2D eigenvalue weighted by Crippen LogP contribution is -2.42. The zero-order valence-electron chi connectivity index (χ0n) is 8.11. The summed E-state index contributed by atoms with van der Waals surface area (Å²) >= 11 is 0. The Hall–Kier alpha value is -1.08. The molecule has 0 aromatic rings. The fourth-order valence-electron chi connectivity index (χ4n) is 1.27. The second-order valence-corrected chi connectivity index (χ2v) is 3.36. The number of carbonyl (C=O) groups excluding carboxylic acids is 2. The van der Waals surface area contributed by atoms with Gasteiger partial charge in [-0.1, -0.05) is 0 Å². The number of amides is 2. The van der Waals surface area contributed by atoms with Gasteiger partial charge in [-0.3, -0.25) is 14.5 Å². The first-order valence-electron chi connectivity index (χ1n) is 4.43. The van der Waals surface area contributed by atoms with Crippen LogP contribution in [0.2, 0.25) is 0 Å². The fraction of sp³-hybridized carbons (Fsp3) is 0.750. The Balaban J connectivity index is 2.41. The SMILES string of the molecule is CN1C(=O)CC(NCC(O)C(F)F)C1=O. The Bertz CT molecular complexity index is 273. The molecule has 2 amide bonds. The van der Waals surface area contributed by atoms with Gasteiger partial charge in [-0.25, -0.2) is 8.78 Å². The van der Waals surface area contributed by atoms with Crippen molar-refractivity contribution in [1.82, 2.24) is 10.2 Å². The quantitative estimate of drug-likeness (QED) is 0.596. The standard InChI is InChI=1S/C8H12F2N2O3/c1-12-6(14)2-4(8(12)15)11-3-5(13)7(9)10/h4-5,7,11,13H,2-3H2,1H3. The first kappa shape index (κ1) is 12.0. The molecule has 5 nitrogen and oxygen atoms in total. The molecule has 1 rings (SSSR count). The monoisotopic (exact) mass is 222 g/mol. The van der Waals surface area contributed by atoms with Crippen LogP contribution in [-0.4, -0.2) is 54.0 Å². The number of carbonyl (C=O) groups is 2. The summed E-state index contributed by atoms with van der Waals surface area (Å²) in [4.78, 5) is 23.2. The number of rotatable bonds is 4. The van der Waals surface area contributed by atoms with Crippen LogP contribution >= 0.6 is 0 Å². The van der Waals surface area contributed by atoms with Gasteiger partial charge in [-0.05, 0) is 0 Å². The lowest BCUT2D eigenvalue weighted by atomic mass is 10.2. The molecule has 0 aliphatic carbocycles. The molecule has 0 bridgehead atoms. The normalized spacial score (nSPS) is 24.1. The predicted molar refractivity (Wildman–Crippen MR) is 46.2 cm³/mol. The number of nitrogens with one attached hydrogen (secondary N) is 1. The van der Waals surface area contributed by atoms with Crippen molar-refractivity contribution in [2.24, 2.45) is 0 Å². The number of halogens is 2. The number of aliphatic hydroxyl groups is 1. The molecule has 0 aromatic heterocycles. The Kier molecular flexibility index (Phi) is 3.70. The topological polar surface area (TPSA) is 69.6 Å². The highest BCUT2D eigenvalue weighted by molar-refractivity contribution is 6.05. The zero-order valence-corrected chi connectivity index (χ0v) is 8.11. The van der Waals surface area contributed by atoms with E-state index in [1.165, 1.54) is 7.05 Å². The second-order valence-electron chi connectivity index (χ2n) is 3.36. The number of likely N-dealkylation sites (tertiary alicyclic amines) is 1. The average molecular weight is 222 g/mol. The molecule has 86 valence electrons. The largest absolute Gasteiger partial charge is 0.386 e. The van der Waals surface area contributed by atoms with Crippen molar-refractivity contribution < 1.29 is 23.5 Å². The van der Waals surface area contributed by atoms with E-state index in [1.807, 2.05) is 0 Å². The van der Waals surface area contributed by atoms with Gasteiger partial charge in [0.25, 0.3) is 6.43 Å². The van der Waals surface area contributed by atoms with E-state index < -0.39 is 31.0 Å². The Morgan fingerprint density at radius 2 is 2.20 bits per heavy atom. The summed E-state index contributed by atoms with van der Waals surface area (Å²) in [5, 5.41) is 11.2. The van der Waals surface area contributed by atoms with Gasteiger partial charge < -0.3 is 10.4 Å². The molecular formula is C8H12F2N2O3. The fourth-order valence-corrected chi connectivity index (χ4v) is 1.27. The summed E-state index contributed by atoms with van der Waals surface area (Å²) < 4.78 is 23.8. The lowest BCUT2D eigenvalue weighted by molar-refractivity contribution is -0.137. The van der Waals surface area contributed by atoms with Gasteiger partial charge in [0.05, 0.1) is 12.5 Å². The molecule has 2 atom stereocenters. The highest BCUT2D eigenvalue weighted by Crippen LogP contribution is 2.10. The second kappa shape index (κ2) is 4.63. The van der Waals surface area contributed by atoms with Crippen LogP contribution in [0.15, 0.2) is 0 Å². The zero-order chi connectivity index (χ0) is 11.6. The van der Waals surface area contributed by atoms with Crippen molar-refractivity contribution in [3.05, 3.63) is 0 Å². The molecule has 1 fully saturated rings. The molecule has 2 N–H and O–H groups in total. The minimum atomic E-state index is -2.86. The van der Waals surface area contributed by atoms with Crippen LogP contribution in [0.25, 0.3) is 0 Å². The van der Waals surface area contributed by atoms with Gasteiger partial charge in [-0.2, -0.15) is 0 Å². The molecule has 0 aromatic carbocycles. The minimum Gasteiger partial charge on any atom is -0.386 e. The highest BCUT2D eigenvalue weighted by Gasteiger charge is 2.36. The molecular weight excluding hydrogens is 210 g/mol. The maximum atomic E-state index is 11.9. The third-order valence-corrected chi connectivity index (χ3v) is 2.25. The number of imide groups is 1. The molecule has 1 saturated heterocycles. The van der Waals surface area contributed by atoms with E-state index in [0.29, 0.717) is 0 Å². The first-order chi connectivity index (χ1) is 6.93. The van der Waals surface area contributed by atoms with Crippen molar-refractivity contribution in [2.75, 3.05) is 13.6 Å². The predicted octanol–water partition coefficient (Wildman–Crippen LogP) is -1.04. The van der Waals surface area contributed by atoms with Gasteiger partial charge in [0.1, 0.15) is 6.10 Å². The van der Waals surface area contributed by atoms with Crippen molar-refractivity contribution in [1.29, 1.82) is 0 Å². The molecule has 7 heteroatoms. The van der Waals surface area contributed by atoms with E-state index in [9.17, 15) is 18.4 Å². The van der Waals surface area contributed by atoms with Crippen molar-refractivity contribution in [3.63, 3.8) is 0 Å². The third-order valence-electron chi connectivity index (χ3n) is 2.25. The Morgan fingerprint density at radius 3 is 2.60 bits per heavy atom. The number of aliphatic hydroxyl groups excluding tert-OH is 1.